The van der Waals surface area contributed by atoms with E-state index in [-0.39, 0.29) is 11.9 Å². The van der Waals surface area contributed by atoms with Gasteiger partial charge in [-0.05, 0) is 50.0 Å². The number of amides is 1. The molecule has 0 radical (unpaired) electrons. The highest BCUT2D eigenvalue weighted by Crippen LogP contribution is 2.29. The SMILES string of the molecule is CCC1CCC(N(C)C(=O)[C@H](N)CCSC)CC1. The van der Waals surface area contributed by atoms with Gasteiger partial charge in [0.15, 0.2) is 0 Å². The summed E-state index contributed by atoms with van der Waals surface area (Å²) in [5, 5.41) is 0. The molecule has 0 aromatic heterocycles. The molecule has 1 saturated carbocycles. The molecule has 3 nitrogen and oxygen atoms in total. The van der Waals surface area contributed by atoms with Crippen molar-refractivity contribution in [2.24, 2.45) is 11.7 Å². The van der Waals surface area contributed by atoms with Crippen LogP contribution in [0.2, 0.25) is 0 Å². The molecule has 0 saturated heterocycles. The molecule has 1 aliphatic rings. The van der Waals surface area contributed by atoms with Crippen LogP contribution in [0.15, 0.2) is 0 Å². The summed E-state index contributed by atoms with van der Waals surface area (Å²) in [6, 6.07) is 0.104. The standard InChI is InChI=1S/C14H28N2OS/c1-4-11-5-7-12(8-6-11)16(2)14(17)13(15)9-10-18-3/h11-13H,4-10,15H2,1-3H3/t11?,12?,13-/m1/s1. The fourth-order valence-corrected chi connectivity index (χ4v) is 3.24. The quantitative estimate of drug-likeness (QED) is 0.808. The second kappa shape index (κ2) is 8.05. The summed E-state index contributed by atoms with van der Waals surface area (Å²) in [5.41, 5.74) is 5.96. The van der Waals surface area contributed by atoms with E-state index in [0.29, 0.717) is 6.04 Å². The third-order valence-corrected chi connectivity index (χ3v) is 4.88. The van der Waals surface area contributed by atoms with E-state index in [4.69, 9.17) is 5.73 Å². The summed E-state index contributed by atoms with van der Waals surface area (Å²) in [4.78, 5) is 14.1. The minimum absolute atomic E-state index is 0.129. The van der Waals surface area contributed by atoms with Gasteiger partial charge < -0.3 is 10.6 Å². The molecular formula is C14H28N2OS. The van der Waals surface area contributed by atoms with Crippen molar-refractivity contribution in [2.75, 3.05) is 19.1 Å². The molecule has 0 bridgehead atoms. The highest BCUT2D eigenvalue weighted by atomic mass is 32.2. The Balaban J connectivity index is 2.39. The normalized spacial score (nSPS) is 25.8. The lowest BCUT2D eigenvalue weighted by Gasteiger charge is -2.35. The van der Waals surface area contributed by atoms with Crippen molar-refractivity contribution in [3.63, 3.8) is 0 Å². The van der Waals surface area contributed by atoms with Gasteiger partial charge >= 0.3 is 0 Å². The third kappa shape index (κ3) is 4.47. The number of carbonyl (C=O) groups is 1. The molecule has 0 aliphatic heterocycles. The Morgan fingerprint density at radius 1 is 1.39 bits per heavy atom. The number of nitrogens with zero attached hydrogens (tertiary/aromatic N) is 1. The Hall–Kier alpha value is -0.220. The zero-order valence-electron chi connectivity index (χ0n) is 12.0. The van der Waals surface area contributed by atoms with Crippen LogP contribution >= 0.6 is 11.8 Å². The van der Waals surface area contributed by atoms with E-state index in [2.05, 4.69) is 6.92 Å². The van der Waals surface area contributed by atoms with Crippen molar-refractivity contribution in [2.45, 2.75) is 57.5 Å². The molecule has 0 unspecified atom stereocenters. The number of hydrogen-bond acceptors (Lipinski definition) is 3. The first-order chi connectivity index (χ1) is 8.60. The first-order valence-electron chi connectivity index (χ1n) is 7.11. The van der Waals surface area contributed by atoms with Gasteiger partial charge in [0, 0.05) is 13.1 Å². The summed E-state index contributed by atoms with van der Waals surface area (Å²) in [6.07, 6.45) is 8.93. The maximum atomic E-state index is 12.2. The Labute approximate surface area is 116 Å². The van der Waals surface area contributed by atoms with Gasteiger partial charge in [0.05, 0.1) is 6.04 Å². The van der Waals surface area contributed by atoms with Crippen LogP contribution < -0.4 is 5.73 Å². The van der Waals surface area contributed by atoms with Gasteiger partial charge in [-0.1, -0.05) is 13.3 Å². The van der Waals surface area contributed by atoms with Crippen molar-refractivity contribution in [1.82, 2.24) is 4.90 Å². The lowest BCUT2D eigenvalue weighted by atomic mass is 9.84. The average Bonchev–Trinajstić information content (AvgIpc) is 2.43. The van der Waals surface area contributed by atoms with E-state index in [0.717, 1.165) is 30.9 Å². The highest BCUT2D eigenvalue weighted by molar-refractivity contribution is 7.98. The third-order valence-electron chi connectivity index (χ3n) is 4.24. The van der Waals surface area contributed by atoms with Gasteiger partial charge in [-0.25, -0.2) is 0 Å². The number of carbonyl (C=O) groups excluding carboxylic acids is 1. The second-order valence-corrected chi connectivity index (χ2v) is 6.41. The predicted molar refractivity (Wildman–Crippen MR) is 79.8 cm³/mol. The van der Waals surface area contributed by atoms with Crippen molar-refractivity contribution >= 4 is 17.7 Å². The van der Waals surface area contributed by atoms with Crippen LogP contribution in [-0.2, 0) is 4.79 Å². The van der Waals surface area contributed by atoms with Crippen LogP contribution in [0, 0.1) is 5.92 Å². The molecule has 2 N–H and O–H groups in total. The summed E-state index contributed by atoms with van der Waals surface area (Å²) < 4.78 is 0. The van der Waals surface area contributed by atoms with Crippen molar-refractivity contribution in [1.29, 1.82) is 0 Å². The van der Waals surface area contributed by atoms with Crippen LogP contribution in [0.5, 0.6) is 0 Å². The van der Waals surface area contributed by atoms with Crippen LogP contribution in [0.4, 0.5) is 0 Å². The Morgan fingerprint density at radius 3 is 2.50 bits per heavy atom. The topological polar surface area (TPSA) is 46.3 Å². The molecule has 106 valence electrons. The van der Waals surface area contributed by atoms with E-state index in [9.17, 15) is 4.79 Å². The molecule has 1 atom stereocenters. The molecule has 0 aromatic rings. The van der Waals surface area contributed by atoms with Crippen LogP contribution in [0.25, 0.3) is 0 Å². The second-order valence-electron chi connectivity index (χ2n) is 5.42. The molecule has 1 rings (SSSR count). The number of hydrogen-bond donors (Lipinski definition) is 1. The zero-order chi connectivity index (χ0) is 13.5. The number of thioether (sulfide) groups is 1. The van der Waals surface area contributed by atoms with Gasteiger partial charge in [0.2, 0.25) is 5.91 Å². The van der Waals surface area contributed by atoms with E-state index in [1.807, 2.05) is 18.2 Å². The molecule has 0 aromatic carbocycles. The highest BCUT2D eigenvalue weighted by Gasteiger charge is 2.28. The summed E-state index contributed by atoms with van der Waals surface area (Å²) in [7, 11) is 1.93. The van der Waals surface area contributed by atoms with E-state index >= 15 is 0 Å². The minimum Gasteiger partial charge on any atom is -0.341 e. The summed E-state index contributed by atoms with van der Waals surface area (Å²) in [5.74, 6) is 1.96. The Kier molecular flexibility index (Phi) is 7.08. The van der Waals surface area contributed by atoms with Gasteiger partial charge in [-0.15, -0.1) is 0 Å². The fraction of sp³-hybridized carbons (Fsp3) is 0.929. The number of likely N-dealkylation sites (N-methyl/N-ethyl adjacent to an activating group) is 1. The molecule has 18 heavy (non-hydrogen) atoms. The molecule has 1 aliphatic carbocycles. The number of nitrogens with two attached hydrogens (primary N) is 1. The maximum absolute atomic E-state index is 12.2. The molecule has 0 spiro atoms. The molecule has 4 heteroatoms. The van der Waals surface area contributed by atoms with Crippen LogP contribution in [-0.4, -0.2) is 41.9 Å². The van der Waals surface area contributed by atoms with Gasteiger partial charge in [-0.2, -0.15) is 11.8 Å². The lowest BCUT2D eigenvalue weighted by Crippen LogP contribution is -2.47. The lowest BCUT2D eigenvalue weighted by molar-refractivity contribution is -0.134. The van der Waals surface area contributed by atoms with Crippen LogP contribution in [0.3, 0.4) is 0 Å². The Bertz CT molecular complexity index is 252. The zero-order valence-corrected chi connectivity index (χ0v) is 12.8. The summed E-state index contributed by atoms with van der Waals surface area (Å²) in [6.45, 7) is 2.26. The number of rotatable bonds is 6. The monoisotopic (exact) mass is 272 g/mol. The predicted octanol–water partition coefficient (Wildman–Crippen LogP) is 2.49. The molecule has 1 fully saturated rings. The van der Waals surface area contributed by atoms with E-state index < -0.39 is 0 Å². The average molecular weight is 272 g/mol. The molecule has 0 heterocycles. The fourth-order valence-electron chi connectivity index (χ4n) is 2.75. The Morgan fingerprint density at radius 2 is 2.00 bits per heavy atom. The van der Waals surface area contributed by atoms with E-state index in [1.54, 1.807) is 11.8 Å². The van der Waals surface area contributed by atoms with Gasteiger partial charge in [0.25, 0.3) is 0 Å². The van der Waals surface area contributed by atoms with Crippen molar-refractivity contribution in [3.05, 3.63) is 0 Å². The van der Waals surface area contributed by atoms with Gasteiger partial charge in [0.1, 0.15) is 0 Å². The first-order valence-corrected chi connectivity index (χ1v) is 8.50. The summed E-state index contributed by atoms with van der Waals surface area (Å²) >= 11 is 1.75. The maximum Gasteiger partial charge on any atom is 0.239 e. The van der Waals surface area contributed by atoms with Crippen molar-refractivity contribution in [3.8, 4) is 0 Å². The van der Waals surface area contributed by atoms with Crippen LogP contribution in [0.1, 0.15) is 45.4 Å². The van der Waals surface area contributed by atoms with Crippen molar-refractivity contribution < 1.29 is 4.79 Å². The molecular weight excluding hydrogens is 244 g/mol. The van der Waals surface area contributed by atoms with Gasteiger partial charge in [-0.3, -0.25) is 4.79 Å². The minimum atomic E-state index is -0.314. The molecule has 1 amide bonds. The van der Waals surface area contributed by atoms with E-state index in [1.165, 1.54) is 19.3 Å². The largest absolute Gasteiger partial charge is 0.341 e. The smallest absolute Gasteiger partial charge is 0.239 e. The first kappa shape index (κ1) is 15.8.